The second-order valence-corrected chi connectivity index (χ2v) is 1.52. The first-order valence-electron chi connectivity index (χ1n) is 2.43. The summed E-state index contributed by atoms with van der Waals surface area (Å²) in [6.45, 7) is 1.40. The van der Waals surface area contributed by atoms with E-state index in [1.807, 2.05) is 0 Å². The molecular formula is C4H4B2N2O2. The van der Waals surface area contributed by atoms with Crippen molar-refractivity contribution in [3.63, 3.8) is 0 Å². The van der Waals surface area contributed by atoms with Crippen LogP contribution in [0.2, 0.25) is 0 Å². The highest BCUT2D eigenvalue weighted by molar-refractivity contribution is 6.60. The summed E-state index contributed by atoms with van der Waals surface area (Å²) in [5, 5.41) is 2.06. The molecule has 6 heteroatoms. The number of carbonyl (C=O) groups is 2. The van der Waals surface area contributed by atoms with Crippen LogP contribution >= 0.6 is 0 Å². The molecule has 0 saturated heterocycles. The normalized spacial score (nSPS) is 10.7. The molecule has 0 bridgehead atoms. The summed E-state index contributed by atoms with van der Waals surface area (Å²) in [6.07, 6.45) is 0. The highest BCUT2D eigenvalue weighted by atomic mass is 16.1. The molecule has 1 N–H and O–H groups in total. The van der Waals surface area contributed by atoms with Gasteiger partial charge in [0.25, 0.3) is 0 Å². The number of nitrogens with zero attached hydrogens (tertiary/aromatic N) is 1. The molecular weight excluding hydrogens is 130 g/mol. The fraction of sp³-hybridized carbons (Fsp3) is 0.250. The first kappa shape index (κ1) is 8.94. The van der Waals surface area contributed by atoms with Crippen LogP contribution in [0.5, 0.6) is 0 Å². The van der Waals surface area contributed by atoms with Gasteiger partial charge in [0.2, 0.25) is 15.7 Å². The van der Waals surface area contributed by atoms with Gasteiger partial charge in [-0.15, -0.1) is 0 Å². The second-order valence-electron chi connectivity index (χ2n) is 1.52. The summed E-state index contributed by atoms with van der Waals surface area (Å²) in [5.74, 6) is -1.56. The lowest BCUT2D eigenvalue weighted by Crippen LogP contribution is -2.27. The number of amides is 2. The van der Waals surface area contributed by atoms with Crippen molar-refractivity contribution in [1.29, 1.82) is 0 Å². The second kappa shape index (κ2) is 3.87. The minimum atomic E-state index is -0.869. The van der Waals surface area contributed by atoms with Gasteiger partial charge in [-0.1, -0.05) is 0 Å². The predicted molar refractivity (Wildman–Crippen MR) is 38.5 cm³/mol. The molecule has 2 amide bonds. The summed E-state index contributed by atoms with van der Waals surface area (Å²) in [4.78, 5) is 23.3. The number of aliphatic imine (C=N–C) groups is 1. The Kier molecular flexibility index (Phi) is 3.46. The average molecular weight is 134 g/mol. The number of nitrogens with one attached hydrogen (secondary N) is 1. The SMILES string of the molecule is [B]C(=O)N=C(C)NC([B])=O. The number of hydrogen-bond acceptors (Lipinski definition) is 2. The Morgan fingerprint density at radius 3 is 2.20 bits per heavy atom. The third-order valence-corrected chi connectivity index (χ3v) is 0.582. The van der Waals surface area contributed by atoms with E-state index in [4.69, 9.17) is 0 Å². The highest BCUT2D eigenvalue weighted by Crippen LogP contribution is 1.74. The van der Waals surface area contributed by atoms with Crippen LogP contribution in [0.3, 0.4) is 0 Å². The molecule has 10 heavy (non-hydrogen) atoms. The van der Waals surface area contributed by atoms with Crippen LogP contribution in [0, 0.1) is 0 Å². The van der Waals surface area contributed by atoms with Crippen molar-refractivity contribution >= 4 is 33.1 Å². The van der Waals surface area contributed by atoms with Crippen molar-refractivity contribution in [2.45, 2.75) is 6.92 Å². The van der Waals surface area contributed by atoms with Gasteiger partial charge < -0.3 is 5.32 Å². The summed E-state index contributed by atoms with van der Waals surface area (Å²) in [7, 11) is 9.34. The zero-order valence-electron chi connectivity index (χ0n) is 5.42. The summed E-state index contributed by atoms with van der Waals surface area (Å²) >= 11 is 0. The van der Waals surface area contributed by atoms with E-state index >= 15 is 0 Å². The van der Waals surface area contributed by atoms with E-state index in [1.54, 1.807) is 0 Å². The number of rotatable bonds is 0. The molecule has 0 rings (SSSR count). The maximum absolute atomic E-state index is 10.1. The van der Waals surface area contributed by atoms with Gasteiger partial charge in [0.05, 0.1) is 0 Å². The zero-order chi connectivity index (χ0) is 8.15. The first-order chi connectivity index (χ1) is 4.52. The van der Waals surface area contributed by atoms with Crippen LogP contribution in [0.1, 0.15) is 6.92 Å². The Morgan fingerprint density at radius 2 is 1.90 bits per heavy atom. The van der Waals surface area contributed by atoms with Gasteiger partial charge in [-0.3, -0.25) is 9.59 Å². The Hall–Kier alpha value is -1.06. The molecule has 0 atom stereocenters. The van der Waals surface area contributed by atoms with Crippen molar-refractivity contribution in [2.75, 3.05) is 0 Å². The highest BCUT2D eigenvalue weighted by Gasteiger charge is 1.93. The van der Waals surface area contributed by atoms with Crippen LogP contribution in [-0.4, -0.2) is 33.1 Å². The maximum atomic E-state index is 10.1. The molecule has 0 aromatic heterocycles. The van der Waals surface area contributed by atoms with Crippen LogP contribution in [0.4, 0.5) is 9.59 Å². The van der Waals surface area contributed by atoms with Crippen molar-refractivity contribution in [1.82, 2.24) is 5.32 Å². The first-order valence-corrected chi connectivity index (χ1v) is 2.43. The molecule has 0 fully saturated rings. The van der Waals surface area contributed by atoms with E-state index in [0.717, 1.165) is 0 Å². The molecule has 0 aliphatic heterocycles. The monoisotopic (exact) mass is 134 g/mol. The predicted octanol–water partition coefficient (Wildman–Crippen LogP) is -0.429. The van der Waals surface area contributed by atoms with Gasteiger partial charge in [0, 0.05) is 0 Å². The molecule has 0 unspecified atom stereocenters. The standard InChI is InChI=1S/C4H4B2N2O2/c1-2(7-3(5)9)8-4(6)10/h1H3,(H,7,8,9,10). The van der Waals surface area contributed by atoms with Crippen molar-refractivity contribution in [2.24, 2.45) is 4.99 Å². The van der Waals surface area contributed by atoms with Gasteiger partial charge in [0.1, 0.15) is 5.84 Å². The smallest absolute Gasteiger partial charge is 0.203 e. The Labute approximate surface area is 60.9 Å². The molecule has 0 saturated carbocycles. The molecule has 0 heterocycles. The van der Waals surface area contributed by atoms with Crippen LogP contribution < -0.4 is 5.32 Å². The largest absolute Gasteiger partial charge is 0.324 e. The molecule has 0 aliphatic rings. The Balaban J connectivity index is 3.95. The van der Waals surface area contributed by atoms with E-state index < -0.39 is 11.6 Å². The van der Waals surface area contributed by atoms with E-state index in [-0.39, 0.29) is 5.84 Å². The third kappa shape index (κ3) is 5.08. The van der Waals surface area contributed by atoms with E-state index in [2.05, 4.69) is 26.0 Å². The van der Waals surface area contributed by atoms with E-state index in [0.29, 0.717) is 0 Å². The molecule has 0 aromatic rings. The average Bonchev–Trinajstić information content (AvgIpc) is 1.58. The van der Waals surface area contributed by atoms with Crippen LogP contribution in [-0.2, 0) is 0 Å². The lowest BCUT2D eigenvalue weighted by molar-refractivity contribution is 0.263. The topological polar surface area (TPSA) is 58.5 Å². The Bertz CT molecular complexity index is 190. The lowest BCUT2D eigenvalue weighted by atomic mass is 10.1. The minimum absolute atomic E-state index is 0.0833. The third-order valence-electron chi connectivity index (χ3n) is 0.582. The summed E-state index contributed by atoms with van der Waals surface area (Å²) in [6, 6.07) is 0. The number of amidine groups is 1. The van der Waals surface area contributed by atoms with Crippen molar-refractivity contribution in [3.05, 3.63) is 0 Å². The van der Waals surface area contributed by atoms with E-state index in [1.165, 1.54) is 6.92 Å². The zero-order valence-corrected chi connectivity index (χ0v) is 5.42. The van der Waals surface area contributed by atoms with Crippen molar-refractivity contribution < 1.29 is 9.59 Å². The van der Waals surface area contributed by atoms with Crippen LogP contribution in [0.15, 0.2) is 4.99 Å². The molecule has 0 aliphatic carbocycles. The van der Waals surface area contributed by atoms with Gasteiger partial charge in [0.15, 0.2) is 11.6 Å². The molecule has 0 aromatic carbocycles. The fourth-order valence-electron chi connectivity index (χ4n) is 0.372. The quantitative estimate of drug-likeness (QED) is 0.277. The Morgan fingerprint density at radius 1 is 1.40 bits per heavy atom. The summed E-state index contributed by atoms with van der Waals surface area (Å²) in [5.41, 5.74) is 0. The fourth-order valence-corrected chi connectivity index (χ4v) is 0.372. The van der Waals surface area contributed by atoms with Crippen LogP contribution in [0.25, 0.3) is 0 Å². The van der Waals surface area contributed by atoms with Crippen molar-refractivity contribution in [3.8, 4) is 0 Å². The van der Waals surface area contributed by atoms with Gasteiger partial charge in [-0.25, -0.2) is 4.99 Å². The number of hydrogen-bond donors (Lipinski definition) is 1. The maximum Gasteiger partial charge on any atom is 0.203 e. The molecule has 4 nitrogen and oxygen atoms in total. The molecule has 0 spiro atoms. The summed E-state index contributed by atoms with van der Waals surface area (Å²) < 4.78 is 0. The van der Waals surface area contributed by atoms with Gasteiger partial charge >= 0.3 is 0 Å². The van der Waals surface area contributed by atoms with Gasteiger partial charge in [-0.05, 0) is 6.92 Å². The lowest BCUT2D eigenvalue weighted by Gasteiger charge is -1.97. The van der Waals surface area contributed by atoms with Gasteiger partial charge in [-0.2, -0.15) is 0 Å². The molecule has 48 valence electrons. The van der Waals surface area contributed by atoms with E-state index in [9.17, 15) is 9.59 Å². The molecule has 4 radical (unpaired) electrons. The minimum Gasteiger partial charge on any atom is -0.324 e. The number of carbonyl (C=O) groups excluding carboxylic acids is 2.